The van der Waals surface area contributed by atoms with Gasteiger partial charge in [-0.3, -0.25) is 0 Å². The number of carbonyl (C=O) groups is 1. The molecule has 0 unspecified atom stereocenters. The van der Waals surface area contributed by atoms with Crippen LogP contribution in [0.15, 0.2) is 36.5 Å². The van der Waals surface area contributed by atoms with Crippen molar-refractivity contribution in [3.05, 3.63) is 58.1 Å². The van der Waals surface area contributed by atoms with Gasteiger partial charge in [-0.05, 0) is 68.9 Å². The van der Waals surface area contributed by atoms with E-state index in [4.69, 9.17) is 30.5 Å². The highest BCUT2D eigenvalue weighted by Crippen LogP contribution is 2.41. The first-order valence-electron chi connectivity index (χ1n) is 14.9. The lowest BCUT2D eigenvalue weighted by Gasteiger charge is -2.36. The molecule has 3 aromatic rings. The molecule has 1 fully saturated rings. The highest BCUT2D eigenvalue weighted by atomic mass is 35.5. The second-order valence-corrected chi connectivity index (χ2v) is 19.7. The van der Waals surface area contributed by atoms with E-state index in [1.54, 1.807) is 22.4 Å². The molecule has 0 aliphatic carbocycles. The molecule has 0 saturated carbocycles. The Hall–Kier alpha value is -2.53. The molecule has 0 atom stereocenters. The Morgan fingerprint density at radius 2 is 1.74 bits per heavy atom. The first kappa shape index (κ1) is 33.4. The number of carbonyl (C=O) groups excluding carboxylic acids is 1. The van der Waals surface area contributed by atoms with E-state index in [0.29, 0.717) is 44.2 Å². The third-order valence-corrected chi connectivity index (χ3v) is 14.0. The molecule has 8 nitrogen and oxygen atoms in total. The smallest absolute Gasteiger partial charge is 0.410 e. The van der Waals surface area contributed by atoms with E-state index in [-0.39, 0.29) is 22.3 Å². The van der Waals surface area contributed by atoms with Crippen molar-refractivity contribution in [2.75, 3.05) is 19.7 Å². The lowest BCUT2D eigenvalue weighted by Crippen LogP contribution is -2.41. The van der Waals surface area contributed by atoms with Crippen LogP contribution < -0.4 is 4.74 Å². The number of hydrogen-bond acceptors (Lipinski definition) is 8. The monoisotopic (exact) mass is 644 g/mol. The topological polar surface area (TPSA) is 86.7 Å². The van der Waals surface area contributed by atoms with E-state index in [1.165, 1.54) is 0 Å². The number of hydrogen-bond donors (Lipinski definition) is 0. The van der Waals surface area contributed by atoms with Crippen LogP contribution in [0.2, 0.25) is 23.4 Å². The fourth-order valence-corrected chi connectivity index (χ4v) is 6.96. The number of ether oxygens (including phenoxy) is 2. The van der Waals surface area contributed by atoms with E-state index in [2.05, 4.69) is 43.8 Å². The summed E-state index contributed by atoms with van der Waals surface area (Å²) >= 11 is 7.96. The zero-order valence-electron chi connectivity index (χ0n) is 26.7. The molecule has 1 saturated heterocycles. The van der Waals surface area contributed by atoms with Gasteiger partial charge in [-0.2, -0.15) is 0 Å². The summed E-state index contributed by atoms with van der Waals surface area (Å²) in [5.41, 5.74) is 2.10. The van der Waals surface area contributed by atoms with E-state index in [1.807, 2.05) is 51.1 Å². The molecule has 0 radical (unpaired) electrons. The third-order valence-electron chi connectivity index (χ3n) is 8.00. The summed E-state index contributed by atoms with van der Waals surface area (Å²) in [4.78, 5) is 29.4. The highest BCUT2D eigenvalue weighted by Gasteiger charge is 2.37. The third kappa shape index (κ3) is 9.00. The number of benzene rings is 1. The van der Waals surface area contributed by atoms with E-state index in [0.717, 1.165) is 34.0 Å². The minimum absolute atomic E-state index is 0.115. The summed E-state index contributed by atoms with van der Waals surface area (Å²) in [7, 11) is -1.93. The fourth-order valence-electron chi connectivity index (χ4n) is 4.51. The van der Waals surface area contributed by atoms with Crippen LogP contribution in [0.4, 0.5) is 4.79 Å². The largest absolute Gasteiger partial charge is 0.485 e. The zero-order valence-corrected chi connectivity index (χ0v) is 29.3. The van der Waals surface area contributed by atoms with Crippen LogP contribution in [-0.2, 0) is 22.2 Å². The van der Waals surface area contributed by atoms with Crippen LogP contribution in [0.1, 0.15) is 76.6 Å². The maximum absolute atomic E-state index is 12.6. The molecule has 234 valence electrons. The second-order valence-electron chi connectivity index (χ2n) is 13.6. The number of nitrogens with zero attached hydrogens (tertiary/aromatic N) is 4. The molecule has 11 heteroatoms. The summed E-state index contributed by atoms with van der Waals surface area (Å²) in [6.45, 7) is 19.1. The Labute approximate surface area is 266 Å². The van der Waals surface area contributed by atoms with E-state index in [9.17, 15) is 4.79 Å². The lowest BCUT2D eigenvalue weighted by atomic mass is 9.98. The maximum Gasteiger partial charge on any atom is 0.410 e. The predicted molar refractivity (Wildman–Crippen MR) is 176 cm³/mol. The second kappa shape index (κ2) is 13.6. The van der Waals surface area contributed by atoms with Crippen molar-refractivity contribution in [2.24, 2.45) is 0 Å². The predicted octanol–water partition coefficient (Wildman–Crippen LogP) is 8.51. The number of rotatable bonds is 9. The van der Waals surface area contributed by atoms with Gasteiger partial charge >= 0.3 is 6.09 Å². The Bertz CT molecular complexity index is 1380. The Balaban J connectivity index is 1.60. The van der Waals surface area contributed by atoms with Gasteiger partial charge in [0.2, 0.25) is 5.28 Å². The van der Waals surface area contributed by atoms with Crippen LogP contribution in [0, 0.1) is 0 Å². The Morgan fingerprint density at radius 1 is 1.07 bits per heavy atom. The molecule has 3 heterocycles. The van der Waals surface area contributed by atoms with Crippen molar-refractivity contribution in [2.45, 2.75) is 97.1 Å². The first-order valence-corrected chi connectivity index (χ1v) is 19.0. The molecule has 1 aliphatic rings. The van der Waals surface area contributed by atoms with Crippen LogP contribution in [0.5, 0.6) is 5.75 Å². The minimum atomic E-state index is -1.93. The van der Waals surface area contributed by atoms with Gasteiger partial charge in [-0.1, -0.05) is 51.1 Å². The SMILES string of the molecule is CC(C)(C)OC(=O)N1CCC(c2nc(CCO[Si](C)(C)C(C)(C)C)c(-c3nc(Cl)ncc3OCc3ccccc3)s2)CC1. The fraction of sp³-hybridized carbons (Fsp3) is 0.562. The van der Waals surface area contributed by atoms with Gasteiger partial charge in [-0.25, -0.2) is 19.7 Å². The average Bonchev–Trinajstić information content (AvgIpc) is 3.35. The van der Waals surface area contributed by atoms with Crippen molar-refractivity contribution in [3.8, 4) is 16.3 Å². The molecule has 0 bridgehead atoms. The van der Waals surface area contributed by atoms with Crippen molar-refractivity contribution >= 4 is 37.3 Å². The first-order chi connectivity index (χ1) is 20.1. The molecule has 1 amide bonds. The average molecular weight is 645 g/mol. The van der Waals surface area contributed by atoms with Crippen LogP contribution in [-0.4, -0.2) is 59.6 Å². The van der Waals surface area contributed by atoms with E-state index >= 15 is 0 Å². The molecule has 43 heavy (non-hydrogen) atoms. The van der Waals surface area contributed by atoms with Gasteiger partial charge in [-0.15, -0.1) is 11.3 Å². The zero-order chi connectivity index (χ0) is 31.4. The molecule has 0 spiro atoms. The summed E-state index contributed by atoms with van der Waals surface area (Å²) < 4.78 is 18.4. The van der Waals surface area contributed by atoms with Crippen LogP contribution in [0.3, 0.4) is 0 Å². The molecular formula is C32H45ClN4O4SSi. The summed E-state index contributed by atoms with van der Waals surface area (Å²) in [6.07, 6.45) is 3.66. The number of piperidine rings is 1. The van der Waals surface area contributed by atoms with Crippen molar-refractivity contribution < 1.29 is 18.7 Å². The molecule has 2 aromatic heterocycles. The van der Waals surface area contributed by atoms with Gasteiger partial charge in [0, 0.05) is 32.0 Å². The molecular weight excluding hydrogens is 600 g/mol. The Morgan fingerprint density at radius 3 is 2.37 bits per heavy atom. The number of amides is 1. The van der Waals surface area contributed by atoms with Crippen molar-refractivity contribution in [3.63, 3.8) is 0 Å². The van der Waals surface area contributed by atoms with Gasteiger partial charge in [0.25, 0.3) is 0 Å². The van der Waals surface area contributed by atoms with Gasteiger partial charge in [0.05, 0.1) is 21.8 Å². The van der Waals surface area contributed by atoms with Gasteiger partial charge in [0.1, 0.15) is 17.9 Å². The molecule has 4 rings (SSSR count). The molecule has 0 N–H and O–H groups in total. The lowest BCUT2D eigenvalue weighted by molar-refractivity contribution is 0.0204. The summed E-state index contributed by atoms with van der Waals surface area (Å²) in [5, 5.41) is 1.31. The van der Waals surface area contributed by atoms with Crippen molar-refractivity contribution in [1.82, 2.24) is 19.9 Å². The Kier molecular flexibility index (Phi) is 10.6. The summed E-state index contributed by atoms with van der Waals surface area (Å²) in [5.74, 6) is 0.790. The standard InChI is InChI=1S/C32H45ClN4O4SSi/c1-31(2,3)41-30(38)37-17-14-23(15-18-37)28-35-24(16-19-40-43(7,8)32(4,5)6)27(42-28)26-25(20-34-29(33)36-26)39-21-22-12-10-9-11-13-22/h9-13,20,23H,14-19,21H2,1-8H3. The molecule has 1 aliphatic heterocycles. The minimum Gasteiger partial charge on any atom is -0.485 e. The van der Waals surface area contributed by atoms with Crippen LogP contribution >= 0.6 is 22.9 Å². The van der Waals surface area contributed by atoms with Crippen LogP contribution in [0.25, 0.3) is 10.6 Å². The molecule has 1 aromatic carbocycles. The number of aromatic nitrogens is 3. The van der Waals surface area contributed by atoms with Gasteiger partial charge in [0.15, 0.2) is 14.1 Å². The quantitative estimate of drug-likeness (QED) is 0.170. The van der Waals surface area contributed by atoms with Crippen molar-refractivity contribution in [1.29, 1.82) is 0 Å². The maximum atomic E-state index is 12.6. The number of thiazole rings is 1. The summed E-state index contributed by atoms with van der Waals surface area (Å²) in [6, 6.07) is 10.0. The van der Waals surface area contributed by atoms with E-state index < -0.39 is 13.9 Å². The normalized spacial score (nSPS) is 15.0. The van der Waals surface area contributed by atoms with Gasteiger partial charge < -0.3 is 18.8 Å². The number of halogens is 1. The number of likely N-dealkylation sites (tertiary alicyclic amines) is 1. The highest BCUT2D eigenvalue weighted by molar-refractivity contribution is 7.15.